The average molecular weight is 578 g/mol. The molecule has 216 valence electrons. The van der Waals surface area contributed by atoms with E-state index in [-0.39, 0.29) is 29.4 Å². The van der Waals surface area contributed by atoms with Crippen LogP contribution in [0.15, 0.2) is 63.5 Å². The number of allylic oxidation sites excluding steroid dienone is 1. The van der Waals surface area contributed by atoms with Crippen LogP contribution in [0.1, 0.15) is 51.8 Å². The van der Waals surface area contributed by atoms with Crippen molar-refractivity contribution >= 4 is 35.0 Å². The molecule has 0 N–H and O–H groups in total. The van der Waals surface area contributed by atoms with Crippen molar-refractivity contribution in [3.63, 3.8) is 0 Å². The second kappa shape index (κ2) is 12.6. The van der Waals surface area contributed by atoms with Gasteiger partial charge in [0.15, 0.2) is 16.3 Å². The summed E-state index contributed by atoms with van der Waals surface area (Å²) in [4.78, 5) is 46.2. The number of hydrogen-bond donors (Lipinski definition) is 0. The smallest absolute Gasteiger partial charge is 0.338 e. The Hall–Kier alpha value is -4.18. The second-order valence-electron chi connectivity index (χ2n) is 10.3. The molecule has 0 amide bonds. The van der Waals surface area contributed by atoms with E-state index >= 15 is 0 Å². The maximum absolute atomic E-state index is 13.9. The minimum Gasteiger partial charge on any atom is -0.490 e. The molecule has 0 spiro atoms. The molecule has 10 heteroatoms. The third-order valence-electron chi connectivity index (χ3n) is 6.33. The number of carbonyl (C=O) groups is 2. The van der Waals surface area contributed by atoms with Crippen molar-refractivity contribution in [1.82, 2.24) is 4.57 Å². The molecular weight excluding hydrogens is 542 g/mol. The summed E-state index contributed by atoms with van der Waals surface area (Å²) in [6.07, 6.45) is 1.83. The second-order valence-corrected chi connectivity index (χ2v) is 11.3. The molecule has 0 unspecified atom stereocenters. The summed E-state index contributed by atoms with van der Waals surface area (Å²) < 4.78 is 18.7. The first-order valence-electron chi connectivity index (χ1n) is 13.4. The minimum absolute atomic E-state index is 0.130. The zero-order valence-electron chi connectivity index (χ0n) is 24.4. The molecule has 4 rings (SSSR count). The lowest BCUT2D eigenvalue weighted by atomic mass is 9.95. The van der Waals surface area contributed by atoms with Crippen molar-refractivity contribution in [2.45, 2.75) is 40.7 Å². The van der Waals surface area contributed by atoms with Crippen LogP contribution in [0.4, 0.5) is 5.69 Å². The van der Waals surface area contributed by atoms with Gasteiger partial charge in [-0.15, -0.1) is 0 Å². The molecule has 1 aromatic heterocycles. The topological polar surface area (TPSA) is 99.4 Å². The van der Waals surface area contributed by atoms with Crippen LogP contribution in [0.25, 0.3) is 6.08 Å². The Bertz CT molecular complexity index is 1660. The fourth-order valence-electron chi connectivity index (χ4n) is 4.44. The fraction of sp³-hybridized carbons (Fsp3) is 0.355. The molecule has 0 saturated carbocycles. The van der Waals surface area contributed by atoms with Crippen molar-refractivity contribution < 1.29 is 23.8 Å². The van der Waals surface area contributed by atoms with Crippen molar-refractivity contribution in [2.24, 2.45) is 10.9 Å². The number of anilines is 1. The molecule has 0 fully saturated rings. The first kappa shape index (κ1) is 29.8. The standard InChI is InChI=1S/C31H35N3O6S/c1-8-38-25-16-22(11-14-24(25)40-20(5)35)28-27(30(37)39-17-18(2)3)19(4)32-31-34(28)29(36)26(41-31)15-21-9-12-23(13-10-21)33(6)7/h9-16,18,28H,8,17H2,1-7H3/b26-15-/t28-/m1/s1. The normalized spacial score (nSPS) is 14.9. The third kappa shape index (κ3) is 6.59. The summed E-state index contributed by atoms with van der Waals surface area (Å²) in [5.41, 5.74) is 2.97. The Labute approximate surface area is 243 Å². The molecule has 0 aliphatic carbocycles. The average Bonchev–Trinajstić information content (AvgIpc) is 3.21. The quantitative estimate of drug-likeness (QED) is 0.282. The molecule has 0 radical (unpaired) electrons. The Morgan fingerprint density at radius 3 is 2.44 bits per heavy atom. The fourth-order valence-corrected chi connectivity index (χ4v) is 5.49. The van der Waals surface area contributed by atoms with E-state index in [1.807, 2.05) is 70.1 Å². The van der Waals surface area contributed by atoms with E-state index in [0.717, 1.165) is 11.3 Å². The number of aromatic nitrogens is 1. The van der Waals surface area contributed by atoms with Gasteiger partial charge in [0.25, 0.3) is 5.56 Å². The first-order valence-corrected chi connectivity index (χ1v) is 14.2. The van der Waals surface area contributed by atoms with E-state index in [4.69, 9.17) is 14.2 Å². The Morgan fingerprint density at radius 2 is 1.83 bits per heavy atom. The number of nitrogens with zero attached hydrogens (tertiary/aromatic N) is 3. The number of carbonyl (C=O) groups excluding carboxylic acids is 2. The van der Waals surface area contributed by atoms with E-state index in [1.165, 1.54) is 22.8 Å². The summed E-state index contributed by atoms with van der Waals surface area (Å²) in [5, 5.41) is 0. The van der Waals surface area contributed by atoms with Gasteiger partial charge in [0.2, 0.25) is 0 Å². The van der Waals surface area contributed by atoms with Crippen LogP contribution in [0, 0.1) is 5.92 Å². The van der Waals surface area contributed by atoms with Gasteiger partial charge in [-0.25, -0.2) is 9.79 Å². The highest BCUT2D eigenvalue weighted by Gasteiger charge is 2.34. The maximum atomic E-state index is 13.9. The van der Waals surface area contributed by atoms with E-state index in [0.29, 0.717) is 33.0 Å². The van der Waals surface area contributed by atoms with E-state index in [2.05, 4.69) is 4.99 Å². The van der Waals surface area contributed by atoms with Crippen molar-refractivity contribution in [3.05, 3.63) is 84.5 Å². The van der Waals surface area contributed by atoms with Gasteiger partial charge in [-0.05, 0) is 61.2 Å². The summed E-state index contributed by atoms with van der Waals surface area (Å²) in [7, 11) is 3.93. The molecule has 41 heavy (non-hydrogen) atoms. The number of esters is 2. The van der Waals surface area contributed by atoms with Crippen molar-refractivity contribution in [2.75, 3.05) is 32.2 Å². The van der Waals surface area contributed by atoms with Crippen molar-refractivity contribution in [3.8, 4) is 11.5 Å². The highest BCUT2D eigenvalue weighted by atomic mass is 32.1. The Balaban J connectivity index is 1.90. The highest BCUT2D eigenvalue weighted by molar-refractivity contribution is 7.07. The zero-order valence-corrected chi connectivity index (χ0v) is 25.2. The van der Waals surface area contributed by atoms with Gasteiger partial charge < -0.3 is 19.1 Å². The number of rotatable bonds is 9. The lowest BCUT2D eigenvalue weighted by Crippen LogP contribution is -2.40. The molecule has 2 aromatic carbocycles. The van der Waals surface area contributed by atoms with Crippen molar-refractivity contribution in [1.29, 1.82) is 0 Å². The predicted molar refractivity (Wildman–Crippen MR) is 159 cm³/mol. The molecule has 9 nitrogen and oxygen atoms in total. The number of fused-ring (bicyclic) bond motifs is 1. The molecule has 0 bridgehead atoms. The highest BCUT2D eigenvalue weighted by Crippen LogP contribution is 2.36. The van der Waals surface area contributed by atoms with Gasteiger partial charge in [0.05, 0.1) is 35.1 Å². The number of hydrogen-bond acceptors (Lipinski definition) is 9. The van der Waals surface area contributed by atoms with Gasteiger partial charge in [0, 0.05) is 26.7 Å². The van der Waals surface area contributed by atoms with Crippen LogP contribution in [0.2, 0.25) is 0 Å². The molecule has 1 atom stereocenters. The van der Waals surface area contributed by atoms with Crippen LogP contribution < -0.4 is 29.3 Å². The van der Waals surface area contributed by atoms with E-state index < -0.39 is 18.0 Å². The van der Waals surface area contributed by atoms with Crippen LogP contribution in [0.3, 0.4) is 0 Å². The predicted octanol–water partition coefficient (Wildman–Crippen LogP) is 3.82. The maximum Gasteiger partial charge on any atom is 0.338 e. The largest absolute Gasteiger partial charge is 0.490 e. The number of benzene rings is 2. The Morgan fingerprint density at radius 1 is 1.12 bits per heavy atom. The number of thiazole rings is 1. The third-order valence-corrected chi connectivity index (χ3v) is 7.32. The van der Waals surface area contributed by atoms with Gasteiger partial charge in [-0.3, -0.25) is 14.2 Å². The zero-order chi connectivity index (χ0) is 29.8. The van der Waals surface area contributed by atoms with E-state index in [1.54, 1.807) is 25.1 Å². The number of ether oxygens (including phenoxy) is 3. The summed E-state index contributed by atoms with van der Waals surface area (Å²) in [6, 6.07) is 12.1. The monoisotopic (exact) mass is 577 g/mol. The Kier molecular flexibility index (Phi) is 9.12. The summed E-state index contributed by atoms with van der Waals surface area (Å²) in [5.74, 6) is -0.320. The first-order chi connectivity index (χ1) is 19.5. The van der Waals surface area contributed by atoms with Crippen LogP contribution >= 0.6 is 11.3 Å². The van der Waals surface area contributed by atoms with Gasteiger partial charge in [-0.2, -0.15) is 0 Å². The molecule has 1 aliphatic heterocycles. The minimum atomic E-state index is -0.824. The van der Waals surface area contributed by atoms with Crippen LogP contribution in [-0.2, 0) is 14.3 Å². The lowest BCUT2D eigenvalue weighted by molar-refractivity contribution is -0.140. The molecule has 1 aliphatic rings. The molecule has 3 aromatic rings. The van der Waals surface area contributed by atoms with Gasteiger partial charge in [-0.1, -0.05) is 43.4 Å². The van der Waals surface area contributed by atoms with Crippen LogP contribution in [-0.4, -0.2) is 43.8 Å². The molecule has 0 saturated heterocycles. The van der Waals surface area contributed by atoms with Gasteiger partial charge >= 0.3 is 11.9 Å². The van der Waals surface area contributed by atoms with Crippen LogP contribution in [0.5, 0.6) is 11.5 Å². The SMILES string of the molecule is CCOc1cc([C@@H]2C(C(=O)OCC(C)C)=C(C)N=c3s/c(=C\c4ccc(N(C)C)cc4)c(=O)n32)ccc1OC(C)=O. The molecule has 2 heterocycles. The van der Waals surface area contributed by atoms with E-state index in [9.17, 15) is 14.4 Å². The van der Waals surface area contributed by atoms with Gasteiger partial charge in [0.1, 0.15) is 0 Å². The lowest BCUT2D eigenvalue weighted by Gasteiger charge is -2.25. The summed E-state index contributed by atoms with van der Waals surface area (Å²) >= 11 is 1.26. The molecular formula is C31H35N3O6S. The summed E-state index contributed by atoms with van der Waals surface area (Å²) in [6.45, 7) is 9.33.